The monoisotopic (exact) mass is 612 g/mol. The summed E-state index contributed by atoms with van der Waals surface area (Å²) in [6.45, 7) is 1.58. The summed E-state index contributed by atoms with van der Waals surface area (Å²) in [6.07, 6.45) is 15.0. The van der Waals surface area contributed by atoms with Crippen molar-refractivity contribution in [2.24, 2.45) is 0 Å². The van der Waals surface area contributed by atoms with Gasteiger partial charge in [-0.1, -0.05) is 96.8 Å². The molecule has 3 rings (SSSR count). The van der Waals surface area contributed by atoms with Gasteiger partial charge >= 0.3 is 13.8 Å². The van der Waals surface area contributed by atoms with E-state index >= 15 is 0 Å². The number of aromatic nitrogens is 4. The van der Waals surface area contributed by atoms with Crippen molar-refractivity contribution in [1.82, 2.24) is 19.5 Å². The number of nitrogen functional groups attached to an aromatic ring is 1. The summed E-state index contributed by atoms with van der Waals surface area (Å²) in [6, 6.07) is 0. The Morgan fingerprint density at radius 1 is 0.952 bits per heavy atom. The average molecular weight is 613 g/mol. The number of phosphoric ester groups is 1. The maximum absolute atomic E-state index is 12.2. The molecule has 3 heterocycles. The Bertz CT molecular complexity index is 1130. The Balaban J connectivity index is 1.25. The summed E-state index contributed by atoms with van der Waals surface area (Å²) in [5, 5.41) is 20.9. The zero-order chi connectivity index (χ0) is 30.4. The highest BCUT2D eigenvalue weighted by Gasteiger charge is 2.45. The number of imidazole rings is 1. The Hall–Kier alpha value is -2.15. The second kappa shape index (κ2) is 17.8. The largest absolute Gasteiger partial charge is 0.746 e. The molecule has 0 aliphatic carbocycles. The summed E-state index contributed by atoms with van der Waals surface area (Å²) in [4.78, 5) is 36.2. The molecule has 0 spiro atoms. The number of aliphatic hydroxyl groups is 2. The van der Waals surface area contributed by atoms with E-state index in [9.17, 15) is 24.5 Å². The molecule has 0 aromatic carbocycles. The number of nitrogens with zero attached hydrogens (tertiary/aromatic N) is 4. The molecule has 1 aliphatic rings. The predicted octanol–water partition coefficient (Wildman–Crippen LogP) is 4.32. The van der Waals surface area contributed by atoms with Gasteiger partial charge in [0.15, 0.2) is 17.7 Å². The second-order valence-corrected chi connectivity index (χ2v) is 12.4. The van der Waals surface area contributed by atoms with Crippen LogP contribution in [0.25, 0.3) is 11.2 Å². The molecule has 0 radical (unpaired) electrons. The first-order valence-electron chi connectivity index (χ1n) is 15.4. The molecule has 0 bridgehead atoms. The lowest BCUT2D eigenvalue weighted by Gasteiger charge is -2.24. The fourth-order valence-electron chi connectivity index (χ4n) is 5.16. The van der Waals surface area contributed by atoms with Crippen molar-refractivity contribution in [1.29, 1.82) is 0 Å². The molecule has 42 heavy (non-hydrogen) atoms. The fourth-order valence-corrected chi connectivity index (χ4v) is 5.88. The summed E-state index contributed by atoms with van der Waals surface area (Å²) < 4.78 is 28.5. The number of carbonyl (C=O) groups is 1. The van der Waals surface area contributed by atoms with Gasteiger partial charge in [-0.15, -0.1) is 0 Å². The third kappa shape index (κ3) is 10.8. The van der Waals surface area contributed by atoms with Gasteiger partial charge in [-0.05, 0) is 6.42 Å². The van der Waals surface area contributed by atoms with Crippen molar-refractivity contribution in [3.63, 3.8) is 0 Å². The highest BCUT2D eigenvalue weighted by molar-refractivity contribution is 7.46. The lowest BCUT2D eigenvalue weighted by Crippen LogP contribution is -2.34. The van der Waals surface area contributed by atoms with Crippen LogP contribution >= 0.6 is 7.82 Å². The number of rotatable bonds is 21. The van der Waals surface area contributed by atoms with Crippen molar-refractivity contribution in [3.8, 4) is 0 Å². The number of hydrogen-bond acceptors (Lipinski definition) is 12. The molecule has 238 valence electrons. The summed E-state index contributed by atoms with van der Waals surface area (Å²) in [5.74, 6) is -0.763. The minimum Gasteiger partial charge on any atom is -0.746 e. The van der Waals surface area contributed by atoms with E-state index in [0.717, 1.165) is 19.3 Å². The molecule has 5 atom stereocenters. The van der Waals surface area contributed by atoms with Crippen LogP contribution in [0, 0.1) is 0 Å². The van der Waals surface area contributed by atoms with Crippen molar-refractivity contribution in [2.75, 3.05) is 12.3 Å². The van der Waals surface area contributed by atoms with E-state index in [1.807, 2.05) is 0 Å². The molecular formula is C28H47N5O8P-. The van der Waals surface area contributed by atoms with Crippen molar-refractivity contribution in [3.05, 3.63) is 12.7 Å². The van der Waals surface area contributed by atoms with Gasteiger partial charge in [-0.25, -0.2) is 15.0 Å². The quantitative estimate of drug-likeness (QED) is 0.134. The Kier molecular flexibility index (Phi) is 14.6. The molecule has 1 fully saturated rings. The number of ether oxygens (including phenoxy) is 1. The van der Waals surface area contributed by atoms with E-state index in [1.54, 1.807) is 0 Å². The Morgan fingerprint density at radius 3 is 2.12 bits per heavy atom. The van der Waals surface area contributed by atoms with Gasteiger partial charge in [0.05, 0.1) is 12.9 Å². The number of nitrogens with two attached hydrogens (primary N) is 1. The molecule has 2 aromatic rings. The second-order valence-electron chi connectivity index (χ2n) is 11.0. The fraction of sp³-hybridized carbons (Fsp3) is 0.786. The lowest BCUT2D eigenvalue weighted by atomic mass is 10.0. The molecule has 14 heteroatoms. The van der Waals surface area contributed by atoms with Gasteiger partial charge in [-0.2, -0.15) is 0 Å². The first kappa shape index (κ1) is 34.3. The van der Waals surface area contributed by atoms with Crippen LogP contribution in [0.2, 0.25) is 0 Å². The number of phosphoric acid groups is 1. The van der Waals surface area contributed by atoms with Gasteiger partial charge in [0.1, 0.15) is 30.2 Å². The van der Waals surface area contributed by atoms with E-state index in [4.69, 9.17) is 15.0 Å². The molecular weight excluding hydrogens is 565 g/mol. The van der Waals surface area contributed by atoms with Crippen LogP contribution in [-0.4, -0.2) is 60.6 Å². The van der Waals surface area contributed by atoms with Crippen LogP contribution in [0.1, 0.15) is 116 Å². The Morgan fingerprint density at radius 2 is 1.52 bits per heavy atom. The first-order chi connectivity index (χ1) is 20.2. The SMILES string of the molecule is CCCCCCCCCCCCCCCCCC(=O)OP(=O)([O-])OC[C@H]1O[C@@H](n2cnc3c(N)ncnc32)[C@H](O)[C@@H]1O. The smallest absolute Gasteiger partial charge is 0.322 e. The highest BCUT2D eigenvalue weighted by atomic mass is 31.2. The van der Waals surface area contributed by atoms with Gasteiger partial charge in [-0.3, -0.25) is 13.9 Å². The predicted molar refractivity (Wildman–Crippen MR) is 155 cm³/mol. The van der Waals surface area contributed by atoms with Crippen LogP contribution in [0.4, 0.5) is 5.82 Å². The molecule has 1 saturated heterocycles. The molecule has 13 nitrogen and oxygen atoms in total. The molecule has 1 aliphatic heterocycles. The van der Waals surface area contributed by atoms with Crippen LogP contribution in [0.5, 0.6) is 0 Å². The average Bonchev–Trinajstić information content (AvgIpc) is 3.51. The maximum atomic E-state index is 12.2. The van der Waals surface area contributed by atoms with Crippen LogP contribution < -0.4 is 10.6 Å². The first-order valence-corrected chi connectivity index (χ1v) is 16.8. The normalized spacial score (nSPS) is 22.0. The van der Waals surface area contributed by atoms with Crippen molar-refractivity contribution >= 4 is 30.8 Å². The topological polar surface area (TPSA) is 195 Å². The van der Waals surface area contributed by atoms with Gasteiger partial charge in [0, 0.05) is 6.42 Å². The van der Waals surface area contributed by atoms with E-state index in [-0.39, 0.29) is 23.4 Å². The minimum atomic E-state index is -4.99. The molecule has 0 amide bonds. The van der Waals surface area contributed by atoms with E-state index in [2.05, 4.69) is 26.4 Å². The van der Waals surface area contributed by atoms with E-state index < -0.39 is 44.9 Å². The molecule has 0 saturated carbocycles. The van der Waals surface area contributed by atoms with E-state index in [1.165, 1.54) is 87.9 Å². The summed E-state index contributed by atoms with van der Waals surface area (Å²) >= 11 is 0. The minimum absolute atomic E-state index is 0.0319. The standard InChI is InChI=1S/C28H48N5O8P/c1-2-3-4-5-6-7-8-9-10-11-12-13-14-15-16-17-22(34)41-42(37,38)39-18-21-24(35)25(36)28(40-21)33-20-32-23-26(29)30-19-31-27(23)33/h19-21,24-25,28,35-36H,2-18H2,1H3,(H,37,38)(H2,29,30,31)/p-1/t21-,24-,25-,28-/m1/s1. The number of carbonyl (C=O) groups excluding carboxylic acids is 1. The maximum Gasteiger partial charge on any atom is 0.322 e. The number of fused-ring (bicyclic) bond motifs is 1. The third-order valence-electron chi connectivity index (χ3n) is 7.59. The molecule has 1 unspecified atom stereocenters. The number of hydrogen-bond donors (Lipinski definition) is 3. The van der Waals surface area contributed by atoms with Crippen LogP contribution in [0.3, 0.4) is 0 Å². The highest BCUT2D eigenvalue weighted by Crippen LogP contribution is 2.41. The van der Waals surface area contributed by atoms with Crippen LogP contribution in [-0.2, 0) is 23.1 Å². The number of unbranched alkanes of at least 4 members (excludes halogenated alkanes) is 14. The number of aliphatic hydroxyl groups excluding tert-OH is 2. The van der Waals surface area contributed by atoms with E-state index in [0.29, 0.717) is 6.42 Å². The van der Waals surface area contributed by atoms with Gasteiger partial charge in [0.2, 0.25) is 0 Å². The van der Waals surface area contributed by atoms with Gasteiger partial charge < -0.3 is 34.6 Å². The molecule has 2 aromatic heterocycles. The third-order valence-corrected chi connectivity index (χ3v) is 8.49. The Labute approximate surface area is 247 Å². The van der Waals surface area contributed by atoms with Crippen molar-refractivity contribution < 1.29 is 38.3 Å². The lowest BCUT2D eigenvalue weighted by molar-refractivity contribution is -0.227. The number of anilines is 1. The zero-order valence-corrected chi connectivity index (χ0v) is 25.5. The van der Waals surface area contributed by atoms with Gasteiger partial charge in [0.25, 0.3) is 0 Å². The zero-order valence-electron chi connectivity index (χ0n) is 24.6. The summed E-state index contributed by atoms with van der Waals surface area (Å²) in [7, 11) is -4.99. The van der Waals surface area contributed by atoms with Crippen LogP contribution in [0.15, 0.2) is 12.7 Å². The molecule has 4 N–H and O–H groups in total. The summed E-state index contributed by atoms with van der Waals surface area (Å²) in [5.41, 5.74) is 6.33. The van der Waals surface area contributed by atoms with Crippen molar-refractivity contribution in [2.45, 2.75) is 134 Å².